The molecule has 150 valence electrons. The van der Waals surface area contributed by atoms with E-state index in [-0.39, 0.29) is 18.6 Å². The van der Waals surface area contributed by atoms with Crippen molar-refractivity contribution < 1.29 is 14.3 Å². The van der Waals surface area contributed by atoms with E-state index in [0.29, 0.717) is 19.0 Å². The molecule has 0 bridgehead atoms. The molecule has 1 amide bonds. The highest BCUT2D eigenvalue weighted by Gasteiger charge is 2.20. The lowest BCUT2D eigenvalue weighted by Gasteiger charge is -2.19. The molecule has 2 N–H and O–H groups in total. The molecule has 0 saturated heterocycles. The number of benzene rings is 1. The summed E-state index contributed by atoms with van der Waals surface area (Å²) < 4.78 is 11.8. The molecule has 1 aliphatic rings. The number of amides is 1. The minimum Gasteiger partial charge on any atom is -0.493 e. The zero-order chi connectivity index (χ0) is 19.6. The van der Waals surface area contributed by atoms with Gasteiger partial charge in [-0.15, -0.1) is 0 Å². The Morgan fingerprint density at radius 2 is 2.00 bits per heavy atom. The second-order valence-electron chi connectivity index (χ2n) is 6.81. The van der Waals surface area contributed by atoms with Gasteiger partial charge in [0.15, 0.2) is 17.5 Å². The van der Waals surface area contributed by atoms with Crippen molar-refractivity contribution in [3.05, 3.63) is 23.8 Å². The largest absolute Gasteiger partial charge is 0.493 e. The van der Waals surface area contributed by atoms with Crippen LogP contribution < -0.4 is 20.1 Å². The number of likely N-dealkylation sites (N-methyl/N-ethyl adjacent to an activating group) is 1. The van der Waals surface area contributed by atoms with Gasteiger partial charge in [0.1, 0.15) is 0 Å². The molecule has 0 aromatic heterocycles. The third-order valence-corrected chi connectivity index (χ3v) is 4.52. The molecular formula is C20H32N4O3. The van der Waals surface area contributed by atoms with Crippen LogP contribution in [-0.4, -0.2) is 57.2 Å². The number of nitrogens with one attached hydrogen (secondary N) is 2. The van der Waals surface area contributed by atoms with E-state index in [1.165, 1.54) is 12.8 Å². The first-order valence-corrected chi connectivity index (χ1v) is 9.60. The number of para-hydroxylation sites is 1. The molecule has 0 heterocycles. The summed E-state index contributed by atoms with van der Waals surface area (Å²) in [6, 6.07) is 5.86. The lowest BCUT2D eigenvalue weighted by atomic mass is 10.1. The first-order chi connectivity index (χ1) is 13.0. The summed E-state index contributed by atoms with van der Waals surface area (Å²) in [4.78, 5) is 18.0. The minimum atomic E-state index is -0.00719. The maximum absolute atomic E-state index is 11.8. The Morgan fingerprint density at radius 3 is 2.63 bits per heavy atom. The average molecular weight is 377 g/mol. The van der Waals surface area contributed by atoms with Crippen LogP contribution in [0.3, 0.4) is 0 Å². The van der Waals surface area contributed by atoms with Gasteiger partial charge in [-0.1, -0.05) is 12.1 Å². The fourth-order valence-electron chi connectivity index (χ4n) is 2.98. The summed E-state index contributed by atoms with van der Waals surface area (Å²) in [5.41, 5.74) is 0.970. The van der Waals surface area contributed by atoms with Gasteiger partial charge in [0.25, 0.3) is 0 Å². The number of hydrogen-bond acceptors (Lipinski definition) is 4. The van der Waals surface area contributed by atoms with Crippen LogP contribution >= 0.6 is 0 Å². The molecule has 1 aromatic carbocycles. The van der Waals surface area contributed by atoms with Crippen molar-refractivity contribution >= 4 is 11.9 Å². The first kappa shape index (κ1) is 20.9. The van der Waals surface area contributed by atoms with Crippen LogP contribution in [0.1, 0.15) is 38.2 Å². The van der Waals surface area contributed by atoms with Gasteiger partial charge in [0.2, 0.25) is 5.91 Å². The molecule has 2 rings (SSSR count). The number of carbonyl (C=O) groups is 1. The number of aliphatic imine (C=N–C) groups is 1. The van der Waals surface area contributed by atoms with Gasteiger partial charge in [-0.25, -0.2) is 4.99 Å². The number of nitrogens with zero attached hydrogens (tertiary/aromatic N) is 2. The monoisotopic (exact) mass is 376 g/mol. The molecule has 0 aliphatic heterocycles. The summed E-state index contributed by atoms with van der Waals surface area (Å²) in [5.74, 6) is 2.10. The number of guanidine groups is 1. The van der Waals surface area contributed by atoms with Crippen molar-refractivity contribution in [2.45, 2.75) is 45.3 Å². The smallest absolute Gasteiger partial charge is 0.241 e. The third-order valence-electron chi connectivity index (χ3n) is 4.52. The van der Waals surface area contributed by atoms with E-state index in [1.54, 1.807) is 26.1 Å². The fraction of sp³-hybridized carbons (Fsp3) is 0.600. The molecule has 0 radical (unpaired) electrons. The van der Waals surface area contributed by atoms with E-state index in [9.17, 15) is 4.79 Å². The van der Waals surface area contributed by atoms with Gasteiger partial charge in [-0.3, -0.25) is 4.79 Å². The predicted octanol–water partition coefficient (Wildman–Crippen LogP) is 2.16. The molecule has 1 fully saturated rings. The van der Waals surface area contributed by atoms with Crippen LogP contribution in [0.4, 0.5) is 0 Å². The van der Waals surface area contributed by atoms with Gasteiger partial charge >= 0.3 is 0 Å². The summed E-state index contributed by atoms with van der Waals surface area (Å²) in [5, 5.41) is 6.23. The second-order valence-corrected chi connectivity index (χ2v) is 6.81. The normalized spacial score (nSPS) is 14.7. The molecule has 7 heteroatoms. The molecule has 0 atom stereocenters. The fourth-order valence-corrected chi connectivity index (χ4v) is 2.98. The second kappa shape index (κ2) is 10.6. The highest BCUT2D eigenvalue weighted by atomic mass is 16.5. The Hall–Kier alpha value is -2.44. The van der Waals surface area contributed by atoms with Crippen molar-refractivity contribution in [2.75, 3.05) is 34.3 Å². The summed E-state index contributed by atoms with van der Waals surface area (Å²) in [6.07, 6.45) is 4.83. The van der Waals surface area contributed by atoms with E-state index in [0.717, 1.165) is 29.9 Å². The van der Waals surface area contributed by atoms with Crippen LogP contribution in [0.25, 0.3) is 0 Å². The summed E-state index contributed by atoms with van der Waals surface area (Å²) >= 11 is 0. The van der Waals surface area contributed by atoms with Crippen LogP contribution in [0.2, 0.25) is 0 Å². The van der Waals surface area contributed by atoms with Gasteiger partial charge in [-0.05, 0) is 38.7 Å². The number of ether oxygens (including phenoxy) is 2. The van der Waals surface area contributed by atoms with Gasteiger partial charge in [-0.2, -0.15) is 0 Å². The van der Waals surface area contributed by atoms with Crippen molar-refractivity contribution in [3.63, 3.8) is 0 Å². The quantitative estimate of drug-likeness (QED) is 0.537. The average Bonchev–Trinajstić information content (AvgIpc) is 3.17. The maximum Gasteiger partial charge on any atom is 0.241 e. The number of carbonyl (C=O) groups excluding carboxylic acids is 1. The maximum atomic E-state index is 11.8. The van der Waals surface area contributed by atoms with Crippen LogP contribution in [0, 0.1) is 0 Å². The zero-order valence-corrected chi connectivity index (χ0v) is 16.9. The highest BCUT2D eigenvalue weighted by Crippen LogP contribution is 2.35. The predicted molar refractivity (Wildman–Crippen MR) is 107 cm³/mol. The van der Waals surface area contributed by atoms with Crippen molar-refractivity contribution in [3.8, 4) is 11.5 Å². The standard InChI is InChI=1S/C20H32N4O3/c1-5-21-20(23-14-18(25)24(2)3)22-13-15-9-8-12-17(26-4)19(15)27-16-10-6-7-11-16/h8-9,12,16H,5-7,10-11,13-14H2,1-4H3,(H2,21,22,23). The van der Waals surface area contributed by atoms with Crippen molar-refractivity contribution in [1.82, 2.24) is 15.5 Å². The molecule has 1 aromatic rings. The van der Waals surface area contributed by atoms with E-state index in [4.69, 9.17) is 9.47 Å². The van der Waals surface area contributed by atoms with Crippen LogP contribution in [0.15, 0.2) is 23.2 Å². The van der Waals surface area contributed by atoms with Crippen molar-refractivity contribution in [2.24, 2.45) is 4.99 Å². The molecule has 27 heavy (non-hydrogen) atoms. The van der Waals surface area contributed by atoms with E-state index in [2.05, 4.69) is 15.6 Å². The highest BCUT2D eigenvalue weighted by molar-refractivity contribution is 5.86. The van der Waals surface area contributed by atoms with Crippen molar-refractivity contribution in [1.29, 1.82) is 0 Å². The summed E-state index contributed by atoms with van der Waals surface area (Å²) in [6.45, 7) is 3.34. The molecule has 7 nitrogen and oxygen atoms in total. The third kappa shape index (κ3) is 6.34. The van der Waals surface area contributed by atoms with Gasteiger partial charge < -0.3 is 25.0 Å². The number of hydrogen-bond donors (Lipinski definition) is 2. The Bertz CT molecular complexity index is 640. The molecular weight excluding hydrogens is 344 g/mol. The topological polar surface area (TPSA) is 75.2 Å². The molecule has 1 aliphatic carbocycles. The van der Waals surface area contributed by atoms with E-state index in [1.807, 2.05) is 25.1 Å². The Labute approximate surface area is 162 Å². The molecule has 0 spiro atoms. The molecule has 0 unspecified atom stereocenters. The lowest BCUT2D eigenvalue weighted by molar-refractivity contribution is -0.127. The Balaban J connectivity index is 2.12. The number of methoxy groups -OCH3 is 1. The van der Waals surface area contributed by atoms with Gasteiger partial charge in [0, 0.05) is 26.2 Å². The van der Waals surface area contributed by atoms with Crippen LogP contribution in [-0.2, 0) is 11.3 Å². The number of rotatable bonds is 8. The first-order valence-electron chi connectivity index (χ1n) is 9.60. The van der Waals surface area contributed by atoms with Gasteiger partial charge in [0.05, 0.1) is 26.3 Å². The molecule has 1 saturated carbocycles. The zero-order valence-electron chi connectivity index (χ0n) is 16.9. The SMILES string of the molecule is CCNC(=NCc1cccc(OC)c1OC1CCCC1)NCC(=O)N(C)C. The Kier molecular flexibility index (Phi) is 8.23. The van der Waals surface area contributed by atoms with E-state index >= 15 is 0 Å². The lowest BCUT2D eigenvalue weighted by Crippen LogP contribution is -2.42. The van der Waals surface area contributed by atoms with Crippen LogP contribution in [0.5, 0.6) is 11.5 Å². The van der Waals surface area contributed by atoms with E-state index < -0.39 is 0 Å². The Morgan fingerprint density at radius 1 is 1.26 bits per heavy atom. The minimum absolute atomic E-state index is 0.00719. The summed E-state index contributed by atoms with van der Waals surface area (Å²) in [7, 11) is 5.12.